The maximum Gasteiger partial charge on any atom is 0.307 e. The molecule has 9 nitrogen and oxygen atoms in total. The van der Waals surface area contributed by atoms with E-state index in [1.54, 1.807) is 35.8 Å². The second-order valence-electron chi connectivity index (χ2n) is 7.78. The van der Waals surface area contributed by atoms with Gasteiger partial charge in [-0.1, -0.05) is 0 Å². The SMILES string of the molecule is O=C(NO)Sc1ccc(OCCNC(=O)c2cc3cc(OCCN4CCCC4)ccc3o2)cc1. The van der Waals surface area contributed by atoms with E-state index in [0.717, 1.165) is 42.5 Å². The van der Waals surface area contributed by atoms with Gasteiger partial charge >= 0.3 is 5.24 Å². The number of thioether (sulfide) groups is 1. The largest absolute Gasteiger partial charge is 0.492 e. The fourth-order valence-corrected chi connectivity index (χ4v) is 4.21. The van der Waals surface area contributed by atoms with Crippen LogP contribution in [-0.2, 0) is 0 Å². The Bertz CT molecular complexity index is 1110. The van der Waals surface area contributed by atoms with E-state index in [9.17, 15) is 9.59 Å². The van der Waals surface area contributed by atoms with Crippen molar-refractivity contribution in [2.75, 3.05) is 39.4 Å². The molecule has 2 heterocycles. The number of fused-ring (bicyclic) bond motifs is 1. The number of ether oxygens (including phenoxy) is 2. The molecule has 4 rings (SSSR count). The number of rotatable bonds is 10. The minimum absolute atomic E-state index is 0.229. The zero-order chi connectivity index (χ0) is 23.8. The van der Waals surface area contributed by atoms with Crippen LogP contribution >= 0.6 is 11.8 Å². The third-order valence-corrected chi connectivity index (χ3v) is 6.15. The molecule has 0 bridgehead atoms. The summed E-state index contributed by atoms with van der Waals surface area (Å²) in [4.78, 5) is 26.6. The third-order valence-electron chi connectivity index (χ3n) is 5.37. The lowest BCUT2D eigenvalue weighted by molar-refractivity contribution is 0.0921. The van der Waals surface area contributed by atoms with Crippen LogP contribution in [0.2, 0.25) is 0 Å². The highest BCUT2D eigenvalue weighted by atomic mass is 32.2. The number of hydrogen-bond donors (Lipinski definition) is 3. The van der Waals surface area contributed by atoms with Gasteiger partial charge in [0.25, 0.3) is 5.91 Å². The van der Waals surface area contributed by atoms with Gasteiger partial charge < -0.3 is 19.2 Å². The molecule has 1 aromatic heterocycles. The van der Waals surface area contributed by atoms with Crippen LogP contribution in [-0.4, -0.2) is 60.6 Å². The molecular weight excluding hydrogens is 458 g/mol. The highest BCUT2D eigenvalue weighted by molar-refractivity contribution is 8.13. The summed E-state index contributed by atoms with van der Waals surface area (Å²) in [6.45, 7) is 4.41. The van der Waals surface area contributed by atoms with Crippen molar-refractivity contribution >= 4 is 33.9 Å². The predicted octanol–water partition coefficient (Wildman–Crippen LogP) is 3.91. The minimum atomic E-state index is -0.566. The normalized spacial score (nSPS) is 13.7. The Hall–Kier alpha value is -3.21. The van der Waals surface area contributed by atoms with Gasteiger partial charge in [0.15, 0.2) is 5.76 Å². The Kier molecular flexibility index (Phi) is 8.29. The highest BCUT2D eigenvalue weighted by Crippen LogP contribution is 2.25. The van der Waals surface area contributed by atoms with Gasteiger partial charge in [0.05, 0.1) is 6.54 Å². The quantitative estimate of drug-likeness (QED) is 0.171. The summed E-state index contributed by atoms with van der Waals surface area (Å²) in [6, 6.07) is 14.1. The summed E-state index contributed by atoms with van der Waals surface area (Å²) in [5.41, 5.74) is 2.19. The molecule has 2 amide bonds. The molecule has 1 aliphatic rings. The van der Waals surface area contributed by atoms with Gasteiger partial charge in [-0.25, -0.2) is 5.48 Å². The molecule has 0 saturated carbocycles. The summed E-state index contributed by atoms with van der Waals surface area (Å²) in [7, 11) is 0. The van der Waals surface area contributed by atoms with Gasteiger partial charge in [0.1, 0.15) is 30.3 Å². The molecule has 1 fully saturated rings. The molecule has 0 atom stereocenters. The molecule has 1 saturated heterocycles. The van der Waals surface area contributed by atoms with Crippen molar-refractivity contribution in [3.63, 3.8) is 0 Å². The number of nitrogens with one attached hydrogen (secondary N) is 2. The van der Waals surface area contributed by atoms with E-state index in [2.05, 4.69) is 10.2 Å². The topological polar surface area (TPSA) is 113 Å². The van der Waals surface area contributed by atoms with Gasteiger partial charge in [0.2, 0.25) is 0 Å². The molecule has 3 aromatic rings. The number of hydroxylamine groups is 1. The standard InChI is InChI=1S/C24H27N3O6S/c28-23(25-9-13-31-18-3-6-20(7-4-18)34-24(29)26-30)22-16-17-15-19(5-8-21(17)33-22)32-14-12-27-10-1-2-11-27/h3-8,15-16,30H,1-2,9-14H2,(H,25,28)(H,26,29). The Morgan fingerprint density at radius 2 is 1.74 bits per heavy atom. The van der Waals surface area contributed by atoms with Crippen LogP contribution in [0.15, 0.2) is 57.8 Å². The Labute approximate surface area is 201 Å². The van der Waals surface area contributed by atoms with Crippen molar-refractivity contribution in [2.45, 2.75) is 17.7 Å². The van der Waals surface area contributed by atoms with Crippen molar-refractivity contribution in [3.8, 4) is 11.5 Å². The average Bonchev–Trinajstić information content (AvgIpc) is 3.52. The van der Waals surface area contributed by atoms with E-state index in [1.807, 2.05) is 18.2 Å². The third kappa shape index (κ3) is 6.66. The second-order valence-corrected chi connectivity index (χ2v) is 8.83. The fraction of sp³-hybridized carbons (Fsp3) is 0.333. The molecule has 3 N–H and O–H groups in total. The number of hydrogen-bond acceptors (Lipinski definition) is 8. The van der Waals surface area contributed by atoms with Crippen LogP contribution in [0, 0.1) is 0 Å². The van der Waals surface area contributed by atoms with Gasteiger partial charge in [0, 0.05) is 16.8 Å². The van der Waals surface area contributed by atoms with Gasteiger partial charge in [-0.2, -0.15) is 0 Å². The first-order valence-corrected chi connectivity index (χ1v) is 11.9. The van der Waals surface area contributed by atoms with E-state index >= 15 is 0 Å². The molecule has 180 valence electrons. The van der Waals surface area contributed by atoms with Crippen molar-refractivity contribution in [1.29, 1.82) is 0 Å². The van der Waals surface area contributed by atoms with E-state index in [1.165, 1.54) is 12.8 Å². The highest BCUT2D eigenvalue weighted by Gasteiger charge is 2.14. The van der Waals surface area contributed by atoms with Crippen LogP contribution in [0.1, 0.15) is 23.4 Å². The van der Waals surface area contributed by atoms with Gasteiger partial charge in [-0.15, -0.1) is 0 Å². The molecule has 0 aliphatic carbocycles. The van der Waals surface area contributed by atoms with E-state index in [0.29, 0.717) is 29.4 Å². The Balaban J connectivity index is 1.21. The maximum absolute atomic E-state index is 12.4. The lowest BCUT2D eigenvalue weighted by Crippen LogP contribution is -2.27. The summed E-state index contributed by atoms with van der Waals surface area (Å²) >= 11 is 0.861. The zero-order valence-electron chi connectivity index (χ0n) is 18.6. The van der Waals surface area contributed by atoms with E-state index in [4.69, 9.17) is 19.1 Å². The monoisotopic (exact) mass is 485 g/mol. The number of furan rings is 1. The minimum Gasteiger partial charge on any atom is -0.492 e. The number of carbonyl (C=O) groups excluding carboxylic acids is 2. The first-order chi connectivity index (χ1) is 16.6. The number of amides is 2. The van der Waals surface area contributed by atoms with Gasteiger partial charge in [-0.3, -0.25) is 19.7 Å². The lowest BCUT2D eigenvalue weighted by Gasteiger charge is -2.14. The van der Waals surface area contributed by atoms with E-state index in [-0.39, 0.29) is 18.3 Å². The average molecular weight is 486 g/mol. The number of benzene rings is 2. The number of nitrogens with zero attached hydrogens (tertiary/aromatic N) is 1. The summed E-state index contributed by atoms with van der Waals surface area (Å²) in [6.07, 6.45) is 2.52. The van der Waals surface area contributed by atoms with Gasteiger partial charge in [-0.05, 0) is 86.2 Å². The van der Waals surface area contributed by atoms with Crippen molar-refractivity contribution in [2.24, 2.45) is 0 Å². The second kappa shape index (κ2) is 11.8. The van der Waals surface area contributed by atoms with Crippen LogP contribution in [0.4, 0.5) is 4.79 Å². The smallest absolute Gasteiger partial charge is 0.307 e. The molecule has 2 aromatic carbocycles. The van der Waals surface area contributed by atoms with Crippen LogP contribution in [0.3, 0.4) is 0 Å². The molecule has 10 heteroatoms. The Morgan fingerprint density at radius 3 is 2.50 bits per heavy atom. The summed E-state index contributed by atoms with van der Waals surface area (Å²) < 4.78 is 17.1. The summed E-state index contributed by atoms with van der Waals surface area (Å²) in [5.74, 6) is 1.27. The van der Waals surface area contributed by atoms with E-state index < -0.39 is 5.24 Å². The van der Waals surface area contributed by atoms with Crippen molar-refractivity contribution in [1.82, 2.24) is 15.7 Å². The fourth-order valence-electron chi connectivity index (χ4n) is 3.68. The first kappa shape index (κ1) is 23.9. The van der Waals surface area contributed by atoms with Crippen LogP contribution in [0.5, 0.6) is 11.5 Å². The first-order valence-electron chi connectivity index (χ1n) is 11.1. The molecule has 1 aliphatic heterocycles. The lowest BCUT2D eigenvalue weighted by atomic mass is 10.2. The number of likely N-dealkylation sites (tertiary alicyclic amines) is 1. The van der Waals surface area contributed by atoms with Crippen molar-refractivity contribution < 1.29 is 28.7 Å². The van der Waals surface area contributed by atoms with Crippen LogP contribution in [0.25, 0.3) is 11.0 Å². The summed E-state index contributed by atoms with van der Waals surface area (Å²) in [5, 5.41) is 11.6. The van der Waals surface area contributed by atoms with Crippen molar-refractivity contribution in [3.05, 3.63) is 54.3 Å². The molecule has 0 spiro atoms. The molecular formula is C24H27N3O6S. The predicted molar refractivity (Wildman–Crippen MR) is 128 cm³/mol. The number of carbonyl (C=O) groups is 2. The molecule has 0 radical (unpaired) electrons. The molecule has 0 unspecified atom stereocenters. The van der Waals surface area contributed by atoms with Crippen LogP contribution < -0.4 is 20.3 Å². The Morgan fingerprint density at radius 1 is 1.00 bits per heavy atom. The molecule has 34 heavy (non-hydrogen) atoms. The maximum atomic E-state index is 12.4. The zero-order valence-corrected chi connectivity index (χ0v) is 19.4.